The second-order valence-electron chi connectivity index (χ2n) is 15.2. The van der Waals surface area contributed by atoms with Crippen LogP contribution < -0.4 is 0 Å². The first kappa shape index (κ1) is 34.9. The van der Waals surface area contributed by atoms with Gasteiger partial charge in [0.25, 0.3) is 0 Å². The van der Waals surface area contributed by atoms with E-state index in [4.69, 9.17) is 0 Å². The summed E-state index contributed by atoms with van der Waals surface area (Å²) >= 11 is 0. The Kier molecular flexibility index (Phi) is 9.62. The molecule has 3 heteroatoms. The van der Waals surface area contributed by atoms with Gasteiger partial charge in [0.15, 0.2) is 0 Å². The second-order valence-corrected chi connectivity index (χ2v) is 15.2. The minimum atomic E-state index is 0.980. The lowest BCUT2D eigenvalue weighted by molar-refractivity contribution is 0.664. The molecule has 0 amide bonds. The van der Waals surface area contributed by atoms with Gasteiger partial charge in [0.05, 0.1) is 22.1 Å². The van der Waals surface area contributed by atoms with Gasteiger partial charge in [0.2, 0.25) is 0 Å². The minimum absolute atomic E-state index is 0.980. The molecule has 0 atom stereocenters. The third kappa shape index (κ3) is 6.07. The van der Waals surface area contributed by atoms with Gasteiger partial charge < -0.3 is 13.7 Å². The van der Waals surface area contributed by atoms with Gasteiger partial charge in [0.1, 0.15) is 0 Å². The predicted molar refractivity (Wildman–Crippen MR) is 241 cm³/mol. The molecule has 0 radical (unpaired) electrons. The Labute approximate surface area is 324 Å². The van der Waals surface area contributed by atoms with Crippen LogP contribution in [-0.2, 0) is 19.6 Å². The fraction of sp³-hybridized carbons (Fsp3) is 0.231. The quantitative estimate of drug-likeness (QED) is 0.106. The Morgan fingerprint density at radius 1 is 0.327 bits per heavy atom. The summed E-state index contributed by atoms with van der Waals surface area (Å²) in [5, 5.41) is 7.99. The fourth-order valence-corrected chi connectivity index (χ4v) is 9.08. The highest BCUT2D eigenvalue weighted by Crippen LogP contribution is 2.38. The third-order valence-corrected chi connectivity index (χ3v) is 11.7. The van der Waals surface area contributed by atoms with Gasteiger partial charge in [-0.2, -0.15) is 0 Å². The molecule has 3 nitrogen and oxygen atoms in total. The predicted octanol–water partition coefficient (Wildman–Crippen LogP) is 14.8. The van der Waals surface area contributed by atoms with Crippen molar-refractivity contribution in [1.82, 2.24) is 13.7 Å². The van der Waals surface area contributed by atoms with E-state index < -0.39 is 0 Å². The highest BCUT2D eigenvalue weighted by Gasteiger charge is 2.17. The highest BCUT2D eigenvalue weighted by atomic mass is 15.0. The molecule has 0 fully saturated rings. The van der Waals surface area contributed by atoms with Crippen LogP contribution in [0.3, 0.4) is 0 Å². The monoisotopic (exact) mass is 717 g/mol. The van der Waals surface area contributed by atoms with Crippen LogP contribution in [0.2, 0.25) is 0 Å². The molecule has 274 valence electrons. The normalized spacial score (nSPS) is 12.4. The molecule has 55 heavy (non-hydrogen) atoms. The lowest BCUT2D eigenvalue weighted by Crippen LogP contribution is -2.00. The molecule has 0 bridgehead atoms. The molecule has 0 saturated carbocycles. The Morgan fingerprint density at radius 3 is 0.982 bits per heavy atom. The van der Waals surface area contributed by atoms with E-state index in [0.717, 1.165) is 45.3 Å². The highest BCUT2D eigenvalue weighted by molar-refractivity contribution is 6.15. The van der Waals surface area contributed by atoms with Gasteiger partial charge in [-0.3, -0.25) is 0 Å². The molecular formula is C52H51N3. The van der Waals surface area contributed by atoms with Crippen molar-refractivity contribution in [3.05, 3.63) is 144 Å². The number of benzene rings is 6. The summed E-state index contributed by atoms with van der Waals surface area (Å²) in [5.74, 6) is 0. The largest absolute Gasteiger partial charge is 0.340 e. The van der Waals surface area contributed by atoms with E-state index in [1.165, 1.54) is 101 Å². The van der Waals surface area contributed by atoms with Crippen molar-refractivity contribution in [2.75, 3.05) is 0 Å². The van der Waals surface area contributed by atoms with E-state index in [1.54, 1.807) is 0 Å². The molecule has 9 aromatic rings. The topological polar surface area (TPSA) is 14.8 Å². The van der Waals surface area contributed by atoms with Crippen LogP contribution in [0, 0.1) is 0 Å². The smallest absolute Gasteiger partial charge is 0.0565 e. The van der Waals surface area contributed by atoms with Crippen LogP contribution in [0.25, 0.3) is 89.7 Å². The summed E-state index contributed by atoms with van der Waals surface area (Å²) in [6.45, 7) is 9.89. The first-order valence-electron chi connectivity index (χ1n) is 20.6. The van der Waals surface area contributed by atoms with Gasteiger partial charge in [-0.15, -0.1) is 0 Å². The number of aryl methyl sites for hydroxylation is 3. The molecule has 0 saturated heterocycles. The fourth-order valence-electron chi connectivity index (χ4n) is 9.08. The number of rotatable bonds is 13. The van der Waals surface area contributed by atoms with Gasteiger partial charge in [0, 0.05) is 63.0 Å². The lowest BCUT2D eigenvalue weighted by Gasteiger charge is -2.11. The van der Waals surface area contributed by atoms with E-state index in [0.29, 0.717) is 0 Å². The zero-order chi connectivity index (χ0) is 37.3. The number of hydrogen-bond acceptors (Lipinski definition) is 0. The van der Waals surface area contributed by atoms with E-state index in [9.17, 15) is 0 Å². The Morgan fingerprint density at radius 2 is 0.618 bits per heavy atom. The van der Waals surface area contributed by atoms with Crippen LogP contribution in [0.5, 0.6) is 0 Å². The Bertz CT molecular complexity index is 2690. The summed E-state index contributed by atoms with van der Waals surface area (Å²) < 4.78 is 7.72. The molecule has 0 N–H and O–H groups in total. The van der Waals surface area contributed by atoms with Crippen molar-refractivity contribution in [3.63, 3.8) is 0 Å². The minimum Gasteiger partial charge on any atom is -0.340 e. The van der Waals surface area contributed by atoms with Crippen molar-refractivity contribution in [3.8, 4) is 0 Å². The van der Waals surface area contributed by atoms with Gasteiger partial charge in [-0.25, -0.2) is 0 Å². The number of aromatic nitrogens is 3. The number of nitrogens with zero attached hydrogens (tertiary/aromatic N) is 3. The summed E-state index contributed by atoms with van der Waals surface area (Å²) in [6, 6.07) is 45.1. The Hall–Kier alpha value is -5.80. The van der Waals surface area contributed by atoms with E-state index in [1.807, 2.05) is 0 Å². The second kappa shape index (κ2) is 15.1. The molecule has 0 aliphatic rings. The average Bonchev–Trinajstić information content (AvgIpc) is 3.86. The zero-order valence-electron chi connectivity index (χ0n) is 32.6. The molecule has 3 aromatic heterocycles. The van der Waals surface area contributed by atoms with Crippen molar-refractivity contribution in [2.45, 2.75) is 78.9 Å². The van der Waals surface area contributed by atoms with Gasteiger partial charge >= 0.3 is 0 Å². The van der Waals surface area contributed by atoms with Crippen LogP contribution in [0.15, 0.2) is 121 Å². The number of unbranched alkanes of at least 4 members (excludes halogenated alkanes) is 3. The van der Waals surface area contributed by atoms with E-state index >= 15 is 0 Å². The zero-order valence-corrected chi connectivity index (χ0v) is 32.6. The van der Waals surface area contributed by atoms with E-state index in [2.05, 4.69) is 180 Å². The Balaban J connectivity index is 1.19. The number of fused-ring (bicyclic) bond motifs is 9. The van der Waals surface area contributed by atoms with Crippen molar-refractivity contribution in [1.29, 1.82) is 0 Å². The average molecular weight is 718 g/mol. The van der Waals surface area contributed by atoms with Crippen LogP contribution in [0.1, 0.15) is 81.5 Å². The van der Waals surface area contributed by atoms with Crippen LogP contribution in [-0.4, -0.2) is 13.7 Å². The van der Waals surface area contributed by atoms with Gasteiger partial charge in [-0.05, 0) is 53.6 Å². The molecule has 6 aromatic carbocycles. The maximum Gasteiger partial charge on any atom is 0.0565 e. The summed E-state index contributed by atoms with van der Waals surface area (Å²) in [5.41, 5.74) is 13.0. The summed E-state index contributed by atoms with van der Waals surface area (Å²) in [7, 11) is 0. The van der Waals surface area contributed by atoms with Gasteiger partial charge in [-0.1, -0.05) is 174 Å². The van der Waals surface area contributed by atoms with E-state index in [-0.39, 0.29) is 0 Å². The molecule has 3 heterocycles. The molecule has 0 spiro atoms. The third-order valence-electron chi connectivity index (χ3n) is 11.7. The standard InChI is InChI=1S/C52H51N3/c1-4-7-34-53-47-28-12-10-22-41(47)43-24-14-18-37(49(43)53)30-32-39-20-16-26-45-46-27-17-21-40(52(46)55(51(39)45)36-9-6-3)33-31-38-19-15-25-44-42-23-11-13-29-48(42)54(50(38)44)35-8-5-2/h10-33H,4-9,34-36H2,1-3H3/b32-30-,33-31+. The van der Waals surface area contributed by atoms with Crippen molar-refractivity contribution >= 4 is 89.7 Å². The maximum atomic E-state index is 2.62. The SMILES string of the molecule is CCCCn1c2ccccc2c2cccc(/C=C\c3cccc4c5cccc(/C=C/c6cccc7c8ccccc8n(CCCC)c67)c5n(CCCC)c34)c21. The molecule has 0 aliphatic heterocycles. The first-order valence-corrected chi connectivity index (χ1v) is 20.6. The van der Waals surface area contributed by atoms with Crippen LogP contribution in [0.4, 0.5) is 0 Å². The summed E-state index contributed by atoms with van der Waals surface area (Å²) in [4.78, 5) is 0. The lowest BCUT2D eigenvalue weighted by atomic mass is 10.0. The molecule has 0 unspecified atom stereocenters. The molecule has 9 rings (SSSR count). The van der Waals surface area contributed by atoms with Crippen LogP contribution >= 0.6 is 0 Å². The van der Waals surface area contributed by atoms with Crippen molar-refractivity contribution in [2.24, 2.45) is 0 Å². The summed E-state index contributed by atoms with van der Waals surface area (Å²) in [6.07, 6.45) is 16.4. The molecular weight excluding hydrogens is 667 g/mol. The maximum absolute atomic E-state index is 2.62. The number of hydrogen-bond donors (Lipinski definition) is 0. The first-order chi connectivity index (χ1) is 27.2. The van der Waals surface area contributed by atoms with Crippen molar-refractivity contribution < 1.29 is 0 Å². The number of para-hydroxylation sites is 6. The molecule has 0 aliphatic carbocycles.